The molecule has 0 aliphatic rings. The Morgan fingerprint density at radius 1 is 0.971 bits per heavy atom. The quantitative estimate of drug-likeness (QED) is 0.436. The number of ether oxygens (including phenoxy) is 2. The summed E-state index contributed by atoms with van der Waals surface area (Å²) in [6.07, 6.45) is 0.811. The molecule has 3 aromatic rings. The van der Waals surface area contributed by atoms with Crippen molar-refractivity contribution in [2.45, 2.75) is 19.3 Å². The molecule has 0 unspecified atom stereocenters. The van der Waals surface area contributed by atoms with Crippen LogP contribution in [0.5, 0.6) is 11.5 Å². The summed E-state index contributed by atoms with van der Waals surface area (Å²) >= 11 is 0. The van der Waals surface area contributed by atoms with Gasteiger partial charge in [0.25, 0.3) is 0 Å². The van der Waals surface area contributed by atoms with Crippen LogP contribution in [-0.2, 0) is 4.79 Å². The lowest BCUT2D eigenvalue weighted by Crippen LogP contribution is -2.10. The number of aliphatic carboxylic acids is 1. The van der Waals surface area contributed by atoms with Crippen LogP contribution in [0.1, 0.15) is 34.6 Å². The number of carbonyl (C=O) groups is 1. The van der Waals surface area contributed by atoms with Gasteiger partial charge in [-0.25, -0.2) is 4.79 Å². The summed E-state index contributed by atoms with van der Waals surface area (Å²) in [4.78, 5) is 12.8. The fourth-order valence-corrected chi connectivity index (χ4v) is 3.62. The number of nitrogens with zero attached hydrogens (tertiary/aromatic N) is 1. The maximum Gasteiger partial charge on any atom is 0.341 e. The third-order valence-electron chi connectivity index (χ3n) is 5.32. The Balaban J connectivity index is 1.67. The summed E-state index contributed by atoms with van der Waals surface area (Å²) < 4.78 is 11.3. The van der Waals surface area contributed by atoms with E-state index in [1.54, 1.807) is 6.07 Å². The highest BCUT2D eigenvalue weighted by Gasteiger charge is 2.15. The van der Waals surface area contributed by atoms with Gasteiger partial charge in [-0.15, -0.1) is 0 Å². The van der Waals surface area contributed by atoms with Crippen LogP contribution in [0.25, 0.3) is 0 Å². The van der Waals surface area contributed by atoms with E-state index >= 15 is 0 Å². The molecule has 176 valence electrons. The first-order valence-corrected chi connectivity index (χ1v) is 11.3. The van der Waals surface area contributed by atoms with Crippen LogP contribution in [0.15, 0.2) is 72.8 Å². The van der Waals surface area contributed by atoms with Gasteiger partial charge < -0.3 is 14.6 Å². The smallest absolute Gasteiger partial charge is 0.341 e. The van der Waals surface area contributed by atoms with E-state index in [0.717, 1.165) is 29.8 Å². The second-order valence-electron chi connectivity index (χ2n) is 8.37. The van der Waals surface area contributed by atoms with Gasteiger partial charge in [0.1, 0.15) is 11.5 Å². The Hall–Kier alpha value is -3.75. The number of benzene rings is 3. The Kier molecular flexibility index (Phi) is 9.13. The normalized spacial score (nSPS) is 11.4. The molecule has 0 amide bonds. The van der Waals surface area contributed by atoms with Crippen LogP contribution in [-0.4, -0.2) is 49.8 Å². The summed E-state index contributed by atoms with van der Waals surface area (Å²) in [6.45, 7) is 2.79. The minimum absolute atomic E-state index is 0.198. The van der Waals surface area contributed by atoms with Gasteiger partial charge in [0.2, 0.25) is 0 Å². The second-order valence-corrected chi connectivity index (χ2v) is 8.37. The van der Waals surface area contributed by atoms with Crippen LogP contribution < -0.4 is 9.47 Å². The van der Waals surface area contributed by atoms with Gasteiger partial charge in [-0.2, -0.15) is 0 Å². The van der Waals surface area contributed by atoms with Gasteiger partial charge >= 0.3 is 5.97 Å². The van der Waals surface area contributed by atoms with Gasteiger partial charge in [0, 0.05) is 11.5 Å². The zero-order valence-electron chi connectivity index (χ0n) is 20.0. The van der Waals surface area contributed by atoms with Crippen molar-refractivity contribution < 1.29 is 19.4 Å². The molecular weight excluding hydrogens is 426 g/mol. The third-order valence-corrected chi connectivity index (χ3v) is 5.32. The van der Waals surface area contributed by atoms with Crippen molar-refractivity contribution in [3.63, 3.8) is 0 Å². The van der Waals surface area contributed by atoms with Gasteiger partial charge in [0.15, 0.2) is 6.61 Å². The molecule has 0 aliphatic heterocycles. The Morgan fingerprint density at radius 3 is 2.32 bits per heavy atom. The number of hydrogen-bond acceptors (Lipinski definition) is 4. The molecule has 0 spiro atoms. The maximum atomic E-state index is 10.7. The molecule has 3 rings (SSSR count). The molecule has 0 aromatic heterocycles. The van der Waals surface area contributed by atoms with E-state index in [0.29, 0.717) is 12.4 Å². The van der Waals surface area contributed by atoms with Crippen molar-refractivity contribution in [3.05, 3.63) is 95.1 Å². The molecule has 1 atom stereocenters. The molecule has 0 bridgehead atoms. The van der Waals surface area contributed by atoms with E-state index < -0.39 is 5.97 Å². The van der Waals surface area contributed by atoms with E-state index in [4.69, 9.17) is 14.6 Å². The van der Waals surface area contributed by atoms with Crippen molar-refractivity contribution in [3.8, 4) is 23.3 Å². The van der Waals surface area contributed by atoms with E-state index in [1.807, 2.05) is 44.1 Å². The fraction of sp³-hybridized carbons (Fsp3) is 0.276. The van der Waals surface area contributed by atoms with Crippen LogP contribution >= 0.6 is 0 Å². The van der Waals surface area contributed by atoms with Crippen molar-refractivity contribution in [1.82, 2.24) is 4.90 Å². The summed E-state index contributed by atoms with van der Waals surface area (Å²) in [5.74, 6) is 6.87. The van der Waals surface area contributed by atoms with Crippen molar-refractivity contribution in [2.24, 2.45) is 0 Å². The van der Waals surface area contributed by atoms with Gasteiger partial charge in [0.05, 0.1) is 13.2 Å². The number of carboxylic acids is 1. The van der Waals surface area contributed by atoms with E-state index in [-0.39, 0.29) is 12.5 Å². The minimum atomic E-state index is -1.000. The lowest BCUT2D eigenvalue weighted by atomic mass is 9.88. The zero-order valence-corrected chi connectivity index (χ0v) is 20.0. The Bertz CT molecular complexity index is 1130. The van der Waals surface area contributed by atoms with E-state index in [1.165, 1.54) is 11.1 Å². The molecule has 0 heterocycles. The summed E-state index contributed by atoms with van der Waals surface area (Å²) in [6, 6.07) is 24.3. The number of aryl methyl sites for hydroxylation is 1. The van der Waals surface area contributed by atoms with Gasteiger partial charge in [-0.05, 0) is 74.5 Å². The predicted octanol–water partition coefficient (Wildman–Crippen LogP) is 4.97. The van der Waals surface area contributed by atoms with Crippen LogP contribution in [0.2, 0.25) is 0 Å². The number of carboxylic acid groups (broad SMARTS) is 1. The molecule has 5 nitrogen and oxygen atoms in total. The number of rotatable bonds is 10. The molecule has 1 N–H and O–H groups in total. The predicted molar refractivity (Wildman–Crippen MR) is 135 cm³/mol. The lowest BCUT2D eigenvalue weighted by Gasteiger charge is -2.19. The van der Waals surface area contributed by atoms with Crippen LogP contribution in [0, 0.1) is 18.8 Å². The molecule has 0 saturated carbocycles. The van der Waals surface area contributed by atoms with Crippen molar-refractivity contribution in [1.29, 1.82) is 0 Å². The fourth-order valence-electron chi connectivity index (χ4n) is 3.62. The highest BCUT2D eigenvalue weighted by molar-refractivity contribution is 5.68. The van der Waals surface area contributed by atoms with E-state index in [9.17, 15) is 4.79 Å². The van der Waals surface area contributed by atoms with Gasteiger partial charge in [-0.3, -0.25) is 4.90 Å². The summed E-state index contributed by atoms with van der Waals surface area (Å²) in [5.41, 5.74) is 4.31. The molecular formula is C29H31NO4. The Morgan fingerprint density at radius 2 is 1.68 bits per heavy atom. The largest absolute Gasteiger partial charge is 0.494 e. The Labute approximate surface area is 202 Å². The SMILES string of the molecule is Cc1cc(OCC[C@@H](c2ccccc2)c2ccc(C#CCN(C)C)cc2)ccc1OCC(=O)O. The van der Waals surface area contributed by atoms with Crippen LogP contribution in [0.3, 0.4) is 0 Å². The molecule has 0 radical (unpaired) electrons. The highest BCUT2D eigenvalue weighted by Crippen LogP contribution is 2.29. The van der Waals surface area contributed by atoms with Crippen LogP contribution in [0.4, 0.5) is 0 Å². The second kappa shape index (κ2) is 12.5. The van der Waals surface area contributed by atoms with Crippen molar-refractivity contribution >= 4 is 5.97 Å². The first kappa shape index (κ1) is 24.9. The molecule has 0 fully saturated rings. The van der Waals surface area contributed by atoms with E-state index in [2.05, 4.69) is 60.4 Å². The summed E-state index contributed by atoms with van der Waals surface area (Å²) in [5, 5.41) is 8.79. The average Bonchev–Trinajstić information content (AvgIpc) is 2.82. The average molecular weight is 458 g/mol. The number of hydrogen-bond donors (Lipinski definition) is 1. The zero-order chi connectivity index (χ0) is 24.3. The summed E-state index contributed by atoms with van der Waals surface area (Å²) in [7, 11) is 4.01. The standard InChI is InChI=1S/C29H31NO4/c1-22-20-26(15-16-28(22)34-21-29(31)32)33-19-17-27(24-9-5-4-6-10-24)25-13-11-23(12-14-25)8-7-18-30(2)3/h4-6,9-16,20,27H,17-19,21H2,1-3H3,(H,31,32)/t27-/m0/s1. The monoisotopic (exact) mass is 457 g/mol. The third kappa shape index (κ3) is 7.68. The first-order valence-electron chi connectivity index (χ1n) is 11.3. The van der Waals surface area contributed by atoms with Gasteiger partial charge in [-0.1, -0.05) is 54.3 Å². The molecule has 34 heavy (non-hydrogen) atoms. The van der Waals surface area contributed by atoms with Crippen molar-refractivity contribution in [2.75, 3.05) is 33.9 Å². The minimum Gasteiger partial charge on any atom is -0.494 e. The maximum absolute atomic E-state index is 10.7. The topological polar surface area (TPSA) is 59.0 Å². The highest BCUT2D eigenvalue weighted by atomic mass is 16.5. The molecule has 0 aliphatic carbocycles. The molecule has 3 aromatic carbocycles. The first-order chi connectivity index (χ1) is 16.4. The molecule has 5 heteroatoms. The lowest BCUT2D eigenvalue weighted by molar-refractivity contribution is -0.139. The molecule has 0 saturated heterocycles.